The molecule has 0 atom stereocenters. The van der Waals surface area contributed by atoms with Gasteiger partial charge in [0.15, 0.2) is 5.11 Å². The van der Waals surface area contributed by atoms with E-state index in [0.29, 0.717) is 11.4 Å². The Labute approximate surface area is 214 Å². The number of para-hydroxylation sites is 1. The first-order valence-corrected chi connectivity index (χ1v) is 12.9. The molecule has 0 unspecified atom stereocenters. The summed E-state index contributed by atoms with van der Waals surface area (Å²) in [6.07, 6.45) is 4.03. The average molecular weight is 516 g/mol. The predicted octanol–water partition coefficient (Wildman–Crippen LogP) is 4.27. The molecule has 0 saturated carbocycles. The average Bonchev–Trinajstić information content (AvgIpc) is 3.18. The number of hydrogen-bond acceptors (Lipinski definition) is 6. The fourth-order valence-electron chi connectivity index (χ4n) is 4.26. The highest BCUT2D eigenvalue weighted by Crippen LogP contribution is 2.40. The molecule has 7 nitrogen and oxygen atoms in total. The molecule has 2 heterocycles. The number of fused-ring (bicyclic) bond motifs is 1. The maximum atomic E-state index is 13.8. The highest BCUT2D eigenvalue weighted by Gasteiger charge is 2.38. The summed E-state index contributed by atoms with van der Waals surface area (Å²) in [5.74, 6) is -1.30. The van der Waals surface area contributed by atoms with E-state index in [9.17, 15) is 18.0 Å². The zero-order chi connectivity index (χ0) is 25.6. The van der Waals surface area contributed by atoms with Crippen molar-refractivity contribution in [2.45, 2.75) is 0 Å². The Balaban J connectivity index is 1.62. The Bertz CT molecular complexity index is 1610. The van der Waals surface area contributed by atoms with Gasteiger partial charge in [0.2, 0.25) is 9.84 Å². The summed E-state index contributed by atoms with van der Waals surface area (Å²) < 4.78 is 27.7. The molecule has 0 aliphatic carbocycles. The van der Waals surface area contributed by atoms with Gasteiger partial charge in [-0.05, 0) is 54.0 Å². The van der Waals surface area contributed by atoms with E-state index in [-0.39, 0.29) is 20.6 Å². The van der Waals surface area contributed by atoms with E-state index in [1.165, 1.54) is 26.2 Å². The molecule has 2 aliphatic heterocycles. The lowest BCUT2D eigenvalue weighted by Gasteiger charge is -2.31. The highest BCUT2D eigenvalue weighted by atomic mass is 32.2. The van der Waals surface area contributed by atoms with Gasteiger partial charge in [0, 0.05) is 25.2 Å². The maximum Gasteiger partial charge on any atom is 0.265 e. The van der Waals surface area contributed by atoms with Crippen LogP contribution < -0.4 is 4.90 Å². The lowest BCUT2D eigenvalue weighted by molar-refractivity contribution is -0.132. The third-order valence-corrected chi connectivity index (χ3v) is 8.44. The molecule has 180 valence electrons. The van der Waals surface area contributed by atoms with Gasteiger partial charge in [-0.3, -0.25) is 24.3 Å². The number of thiocarbonyl (C=S) groups is 1. The molecule has 0 bridgehead atoms. The van der Waals surface area contributed by atoms with E-state index in [0.717, 1.165) is 26.6 Å². The molecule has 9 heteroatoms. The zero-order valence-electron chi connectivity index (χ0n) is 19.5. The van der Waals surface area contributed by atoms with E-state index in [1.807, 2.05) is 72.8 Å². The number of carbonyl (C=O) groups excluding carboxylic acids is 2. The van der Waals surface area contributed by atoms with E-state index in [2.05, 4.69) is 0 Å². The van der Waals surface area contributed by atoms with Crippen molar-refractivity contribution in [2.24, 2.45) is 0 Å². The second-order valence-electron chi connectivity index (χ2n) is 8.32. The van der Waals surface area contributed by atoms with Crippen LogP contribution in [0, 0.1) is 0 Å². The molecule has 0 radical (unpaired) electrons. The van der Waals surface area contributed by atoms with Crippen molar-refractivity contribution < 1.29 is 18.0 Å². The van der Waals surface area contributed by atoms with Crippen molar-refractivity contribution in [3.63, 3.8) is 0 Å². The number of nitrogens with zero attached hydrogens (tertiary/aromatic N) is 3. The summed E-state index contributed by atoms with van der Waals surface area (Å²) in [5.41, 5.74) is 1.07. The first kappa shape index (κ1) is 23.7. The van der Waals surface area contributed by atoms with Gasteiger partial charge in [-0.25, -0.2) is 8.42 Å². The number of benzene rings is 3. The molecule has 1 fully saturated rings. The third kappa shape index (κ3) is 3.73. The molecule has 1 saturated heterocycles. The van der Waals surface area contributed by atoms with Crippen molar-refractivity contribution in [1.29, 1.82) is 0 Å². The van der Waals surface area contributed by atoms with Crippen molar-refractivity contribution >= 4 is 61.1 Å². The number of carbonyl (C=O) groups is 2. The van der Waals surface area contributed by atoms with Crippen LogP contribution in [-0.4, -0.2) is 49.2 Å². The molecule has 0 spiro atoms. The van der Waals surface area contributed by atoms with E-state index in [4.69, 9.17) is 12.2 Å². The standard InChI is InChI=1S/C27H21N3O4S2/c1-28-25(31)22(26(32)29(2)27(28)35)17-20-15-16-24(36(20,33)34)30(19-11-4-3-5-12-19)23-14-8-10-18-9-6-7-13-21(18)23/h3-17H,1-2H3. The SMILES string of the molecule is CN1C(=O)C(=CC2=CC=C(N(c3ccccc3)c3cccc4ccccc34)S2(=O)=O)C(=O)N(C)C1=S. The Morgan fingerprint density at radius 2 is 1.42 bits per heavy atom. The largest absolute Gasteiger partial charge is 0.300 e. The summed E-state index contributed by atoms with van der Waals surface area (Å²) in [6.45, 7) is 0. The Kier molecular flexibility index (Phi) is 5.82. The van der Waals surface area contributed by atoms with Crippen LogP contribution in [0.1, 0.15) is 0 Å². The number of rotatable bonds is 4. The number of sulfone groups is 1. The smallest absolute Gasteiger partial charge is 0.265 e. The Hall–Kier alpha value is -4.08. The van der Waals surface area contributed by atoms with Crippen molar-refractivity contribution in [1.82, 2.24) is 9.80 Å². The van der Waals surface area contributed by atoms with Crippen molar-refractivity contribution in [2.75, 3.05) is 19.0 Å². The van der Waals surface area contributed by atoms with Crippen LogP contribution in [-0.2, 0) is 19.4 Å². The van der Waals surface area contributed by atoms with Crippen LogP contribution in [0.25, 0.3) is 10.8 Å². The minimum absolute atomic E-state index is 0.0184. The van der Waals surface area contributed by atoms with Crippen LogP contribution in [0.3, 0.4) is 0 Å². The zero-order valence-corrected chi connectivity index (χ0v) is 21.1. The number of amides is 2. The lowest BCUT2D eigenvalue weighted by atomic mass is 10.1. The Morgan fingerprint density at radius 3 is 2.11 bits per heavy atom. The quantitative estimate of drug-likeness (QED) is 0.293. The van der Waals surface area contributed by atoms with Crippen LogP contribution in [0.15, 0.2) is 107 Å². The molecule has 0 N–H and O–H groups in total. The van der Waals surface area contributed by atoms with Gasteiger partial charge in [0.05, 0.1) is 10.6 Å². The molecule has 5 rings (SSSR count). The number of anilines is 2. The van der Waals surface area contributed by atoms with Crippen LogP contribution in [0.5, 0.6) is 0 Å². The summed E-state index contributed by atoms with van der Waals surface area (Å²) >= 11 is 5.12. The van der Waals surface area contributed by atoms with E-state index in [1.54, 1.807) is 4.90 Å². The number of allylic oxidation sites excluding steroid dienone is 3. The van der Waals surface area contributed by atoms with Crippen LogP contribution in [0.4, 0.5) is 11.4 Å². The van der Waals surface area contributed by atoms with Crippen molar-refractivity contribution in [3.8, 4) is 0 Å². The summed E-state index contributed by atoms with van der Waals surface area (Å²) in [5, 5.41) is 1.91. The number of likely N-dealkylation sites (N-methyl/N-ethyl adjacent to an activating group) is 2. The molecule has 2 aliphatic rings. The second kappa shape index (κ2) is 8.85. The minimum Gasteiger partial charge on any atom is -0.300 e. The van der Waals surface area contributed by atoms with Gasteiger partial charge in [0.25, 0.3) is 11.8 Å². The van der Waals surface area contributed by atoms with Crippen molar-refractivity contribution in [3.05, 3.63) is 107 Å². The van der Waals surface area contributed by atoms with Gasteiger partial charge in [-0.15, -0.1) is 0 Å². The van der Waals surface area contributed by atoms with Crippen LogP contribution in [0.2, 0.25) is 0 Å². The van der Waals surface area contributed by atoms with E-state index < -0.39 is 21.7 Å². The molecule has 36 heavy (non-hydrogen) atoms. The van der Waals surface area contributed by atoms with Gasteiger partial charge in [-0.1, -0.05) is 54.6 Å². The van der Waals surface area contributed by atoms with Gasteiger partial charge < -0.3 is 0 Å². The topological polar surface area (TPSA) is 78.0 Å². The highest BCUT2D eigenvalue weighted by molar-refractivity contribution is 7.99. The molecular weight excluding hydrogens is 494 g/mol. The minimum atomic E-state index is -4.09. The van der Waals surface area contributed by atoms with Gasteiger partial charge >= 0.3 is 0 Å². The molecule has 0 aromatic heterocycles. The summed E-state index contributed by atoms with van der Waals surface area (Å²) in [7, 11) is -1.20. The van der Waals surface area contributed by atoms with E-state index >= 15 is 0 Å². The fraction of sp³-hybridized carbons (Fsp3) is 0.0741. The predicted molar refractivity (Wildman–Crippen MR) is 144 cm³/mol. The van der Waals surface area contributed by atoms with Gasteiger partial charge in [0.1, 0.15) is 10.6 Å². The fourth-order valence-corrected chi connectivity index (χ4v) is 5.88. The Morgan fingerprint density at radius 1 is 0.806 bits per heavy atom. The summed E-state index contributed by atoms with van der Waals surface area (Å²) in [6, 6.07) is 22.6. The van der Waals surface area contributed by atoms with Gasteiger partial charge in [-0.2, -0.15) is 0 Å². The summed E-state index contributed by atoms with van der Waals surface area (Å²) in [4.78, 5) is 29.4. The lowest BCUT2D eigenvalue weighted by Crippen LogP contribution is -2.52. The first-order chi connectivity index (χ1) is 17.2. The first-order valence-electron chi connectivity index (χ1n) is 11.0. The molecule has 3 aromatic rings. The second-order valence-corrected chi connectivity index (χ2v) is 10.6. The maximum absolute atomic E-state index is 13.8. The normalized spacial score (nSPS) is 17.4. The molecule has 2 amide bonds. The molecule has 3 aromatic carbocycles. The number of hydrogen-bond donors (Lipinski definition) is 0. The third-order valence-electron chi connectivity index (χ3n) is 6.15. The molecular formula is C27H21N3O4S2. The monoisotopic (exact) mass is 515 g/mol. The van der Waals surface area contributed by atoms with Crippen LogP contribution >= 0.6 is 12.2 Å².